The van der Waals surface area contributed by atoms with E-state index in [0.29, 0.717) is 48.2 Å². The second-order valence-electron chi connectivity index (χ2n) is 6.36. The molecule has 0 radical (unpaired) electrons. The SMILES string of the molecule is CCOc1ccc(C(=O)NNC(=O)CCCc2nc(C(C)C)no2)cc1OC. The lowest BCUT2D eigenvalue weighted by Crippen LogP contribution is -2.41. The Kier molecular flexibility index (Phi) is 7.79. The van der Waals surface area contributed by atoms with Gasteiger partial charge in [-0.1, -0.05) is 19.0 Å². The number of ether oxygens (including phenoxy) is 2. The number of hydrogen-bond donors (Lipinski definition) is 2. The van der Waals surface area contributed by atoms with E-state index in [1.165, 1.54) is 7.11 Å². The number of rotatable bonds is 9. The molecule has 9 nitrogen and oxygen atoms in total. The Morgan fingerprint density at radius 1 is 1.21 bits per heavy atom. The molecule has 28 heavy (non-hydrogen) atoms. The molecule has 0 aliphatic heterocycles. The van der Waals surface area contributed by atoms with Gasteiger partial charge in [-0.2, -0.15) is 4.98 Å². The summed E-state index contributed by atoms with van der Waals surface area (Å²) < 4.78 is 15.8. The molecule has 9 heteroatoms. The summed E-state index contributed by atoms with van der Waals surface area (Å²) >= 11 is 0. The minimum Gasteiger partial charge on any atom is -0.493 e. The van der Waals surface area contributed by atoms with Gasteiger partial charge in [0, 0.05) is 24.3 Å². The van der Waals surface area contributed by atoms with Gasteiger partial charge in [-0.25, -0.2) is 0 Å². The summed E-state index contributed by atoms with van der Waals surface area (Å²) in [7, 11) is 1.49. The fourth-order valence-electron chi connectivity index (χ4n) is 2.35. The van der Waals surface area contributed by atoms with E-state index >= 15 is 0 Å². The first kappa shape index (κ1) is 21.2. The molecule has 2 aromatic rings. The number of aryl methyl sites for hydroxylation is 1. The lowest BCUT2D eigenvalue weighted by molar-refractivity contribution is -0.121. The Morgan fingerprint density at radius 3 is 2.64 bits per heavy atom. The zero-order valence-corrected chi connectivity index (χ0v) is 16.6. The standard InChI is InChI=1S/C19H26N4O5/c1-5-27-14-10-9-13(11-15(14)26-4)19(25)22-21-16(24)7-6-8-17-20-18(12(2)3)23-28-17/h9-12H,5-8H2,1-4H3,(H,21,24)(H,22,25). The van der Waals surface area contributed by atoms with Crippen LogP contribution in [0.4, 0.5) is 0 Å². The van der Waals surface area contributed by atoms with Gasteiger partial charge in [-0.05, 0) is 31.5 Å². The Bertz CT molecular complexity index is 803. The van der Waals surface area contributed by atoms with Crippen LogP contribution in [0.1, 0.15) is 61.6 Å². The number of benzene rings is 1. The maximum Gasteiger partial charge on any atom is 0.269 e. The molecule has 1 heterocycles. The summed E-state index contributed by atoms with van der Waals surface area (Å²) in [5.74, 6) is 1.58. The van der Waals surface area contributed by atoms with Crippen molar-refractivity contribution in [2.75, 3.05) is 13.7 Å². The van der Waals surface area contributed by atoms with Crippen molar-refractivity contribution in [2.45, 2.75) is 46.0 Å². The van der Waals surface area contributed by atoms with Crippen LogP contribution in [0.15, 0.2) is 22.7 Å². The van der Waals surface area contributed by atoms with Gasteiger partial charge in [0.1, 0.15) is 0 Å². The molecule has 1 aromatic carbocycles. The average Bonchev–Trinajstić information content (AvgIpc) is 3.16. The number of nitrogens with one attached hydrogen (secondary N) is 2. The number of hydrogen-bond acceptors (Lipinski definition) is 7. The second kappa shape index (κ2) is 10.3. The number of hydrazine groups is 1. The lowest BCUT2D eigenvalue weighted by Gasteiger charge is -2.11. The van der Waals surface area contributed by atoms with Crippen LogP contribution >= 0.6 is 0 Å². The number of methoxy groups -OCH3 is 1. The molecule has 2 rings (SSSR count). The largest absolute Gasteiger partial charge is 0.493 e. The van der Waals surface area contributed by atoms with E-state index < -0.39 is 5.91 Å². The third-order valence-electron chi connectivity index (χ3n) is 3.84. The molecule has 0 saturated heterocycles. The van der Waals surface area contributed by atoms with Gasteiger partial charge in [0.15, 0.2) is 17.3 Å². The first-order chi connectivity index (χ1) is 13.4. The van der Waals surface area contributed by atoms with E-state index in [0.717, 1.165) is 0 Å². The zero-order valence-electron chi connectivity index (χ0n) is 16.6. The van der Waals surface area contributed by atoms with Gasteiger partial charge in [0.25, 0.3) is 5.91 Å². The van der Waals surface area contributed by atoms with E-state index in [-0.39, 0.29) is 18.2 Å². The van der Waals surface area contributed by atoms with Crippen molar-refractivity contribution in [3.63, 3.8) is 0 Å². The smallest absolute Gasteiger partial charge is 0.269 e. The molecule has 0 spiro atoms. The topological polar surface area (TPSA) is 116 Å². The monoisotopic (exact) mass is 390 g/mol. The Morgan fingerprint density at radius 2 is 2.00 bits per heavy atom. The van der Waals surface area contributed by atoms with E-state index in [9.17, 15) is 9.59 Å². The summed E-state index contributed by atoms with van der Waals surface area (Å²) in [4.78, 5) is 28.4. The predicted octanol–water partition coefficient (Wildman–Crippen LogP) is 2.38. The first-order valence-corrected chi connectivity index (χ1v) is 9.17. The van der Waals surface area contributed by atoms with Crippen molar-refractivity contribution < 1.29 is 23.6 Å². The highest BCUT2D eigenvalue weighted by Gasteiger charge is 2.13. The van der Waals surface area contributed by atoms with Crippen molar-refractivity contribution >= 4 is 11.8 Å². The van der Waals surface area contributed by atoms with Crippen molar-refractivity contribution in [3.8, 4) is 11.5 Å². The van der Waals surface area contributed by atoms with Gasteiger partial charge >= 0.3 is 0 Å². The third kappa shape index (κ3) is 5.97. The highest BCUT2D eigenvalue weighted by atomic mass is 16.5. The van der Waals surface area contributed by atoms with Crippen LogP contribution < -0.4 is 20.3 Å². The number of aromatic nitrogens is 2. The molecule has 0 atom stereocenters. The normalized spacial score (nSPS) is 10.6. The summed E-state index contributed by atoms with van der Waals surface area (Å²) in [6.07, 6.45) is 1.24. The molecule has 0 unspecified atom stereocenters. The van der Waals surface area contributed by atoms with Crippen molar-refractivity contribution in [2.24, 2.45) is 0 Å². The van der Waals surface area contributed by atoms with E-state index in [4.69, 9.17) is 14.0 Å². The maximum atomic E-state index is 12.2. The highest BCUT2D eigenvalue weighted by Crippen LogP contribution is 2.27. The minimum absolute atomic E-state index is 0.192. The molecule has 0 aliphatic carbocycles. The summed E-state index contributed by atoms with van der Waals surface area (Å²) in [6.45, 7) is 6.30. The molecule has 0 fully saturated rings. The molecule has 0 saturated carbocycles. The minimum atomic E-state index is -0.451. The number of nitrogens with zero attached hydrogens (tertiary/aromatic N) is 2. The summed E-state index contributed by atoms with van der Waals surface area (Å²) in [5, 5.41) is 3.88. The van der Waals surface area contributed by atoms with Gasteiger partial charge in [0.2, 0.25) is 11.8 Å². The Balaban J connectivity index is 1.77. The van der Waals surface area contributed by atoms with E-state index in [1.807, 2.05) is 20.8 Å². The molecule has 2 N–H and O–H groups in total. The molecule has 1 aromatic heterocycles. The third-order valence-corrected chi connectivity index (χ3v) is 3.84. The van der Waals surface area contributed by atoms with Gasteiger partial charge in [0.05, 0.1) is 13.7 Å². The Hall–Kier alpha value is -3.10. The second-order valence-corrected chi connectivity index (χ2v) is 6.36. The Labute approximate surface area is 163 Å². The fraction of sp³-hybridized carbons (Fsp3) is 0.474. The van der Waals surface area contributed by atoms with Crippen molar-refractivity contribution in [1.82, 2.24) is 21.0 Å². The molecule has 2 amide bonds. The number of amides is 2. The first-order valence-electron chi connectivity index (χ1n) is 9.17. The molecule has 0 aliphatic rings. The van der Waals surface area contributed by atoms with Crippen LogP contribution in [-0.4, -0.2) is 35.7 Å². The highest BCUT2D eigenvalue weighted by molar-refractivity contribution is 5.96. The molecule has 152 valence electrons. The summed E-state index contributed by atoms with van der Waals surface area (Å²) in [5.41, 5.74) is 5.11. The molecule has 0 bridgehead atoms. The zero-order chi connectivity index (χ0) is 20.5. The van der Waals surface area contributed by atoms with Gasteiger partial charge in [-0.15, -0.1) is 0 Å². The van der Waals surface area contributed by atoms with Crippen LogP contribution in [0.2, 0.25) is 0 Å². The fourth-order valence-corrected chi connectivity index (χ4v) is 2.35. The average molecular weight is 390 g/mol. The molecular weight excluding hydrogens is 364 g/mol. The maximum absolute atomic E-state index is 12.2. The van der Waals surface area contributed by atoms with E-state index in [1.54, 1.807) is 18.2 Å². The van der Waals surface area contributed by atoms with Crippen LogP contribution in [0.5, 0.6) is 11.5 Å². The van der Waals surface area contributed by atoms with Gasteiger partial charge < -0.3 is 14.0 Å². The summed E-state index contributed by atoms with van der Waals surface area (Å²) in [6, 6.07) is 4.79. The van der Waals surface area contributed by atoms with Gasteiger partial charge in [-0.3, -0.25) is 20.4 Å². The van der Waals surface area contributed by atoms with Crippen LogP contribution in [0.3, 0.4) is 0 Å². The molecular formula is C19H26N4O5. The quantitative estimate of drug-likeness (QED) is 0.632. The van der Waals surface area contributed by atoms with Crippen LogP contribution in [0, 0.1) is 0 Å². The number of carbonyl (C=O) groups is 2. The number of carbonyl (C=O) groups excluding carboxylic acids is 2. The van der Waals surface area contributed by atoms with E-state index in [2.05, 4.69) is 21.0 Å². The van der Waals surface area contributed by atoms with Crippen molar-refractivity contribution in [3.05, 3.63) is 35.5 Å². The van der Waals surface area contributed by atoms with Crippen molar-refractivity contribution in [1.29, 1.82) is 0 Å². The lowest BCUT2D eigenvalue weighted by atomic mass is 10.2. The van der Waals surface area contributed by atoms with Crippen LogP contribution in [-0.2, 0) is 11.2 Å². The predicted molar refractivity (Wildman–Crippen MR) is 101 cm³/mol. The van der Waals surface area contributed by atoms with Crippen LogP contribution in [0.25, 0.3) is 0 Å².